The Labute approximate surface area is 204 Å². The number of carbonyl (C=O) groups is 2. The molecule has 0 saturated carbocycles. The SMILES string of the molecule is COc1cc(OC)cc(C(=O)Nc2cccc([C@H]3SCC(=O)N3c3ccccc3C(C)C)c2)c1. The molecule has 1 heterocycles. The van der Waals surface area contributed by atoms with Gasteiger partial charge in [-0.25, -0.2) is 0 Å². The largest absolute Gasteiger partial charge is 0.497 e. The third-order valence-electron chi connectivity index (χ3n) is 5.73. The third-order valence-corrected chi connectivity index (χ3v) is 6.94. The molecule has 6 nitrogen and oxygen atoms in total. The summed E-state index contributed by atoms with van der Waals surface area (Å²) in [6.07, 6.45) is 0. The molecule has 0 aliphatic carbocycles. The van der Waals surface area contributed by atoms with Crippen LogP contribution < -0.4 is 19.7 Å². The molecule has 0 aromatic heterocycles. The lowest BCUT2D eigenvalue weighted by atomic mass is 10.00. The van der Waals surface area contributed by atoms with Crippen LogP contribution in [0.5, 0.6) is 11.5 Å². The molecule has 3 aromatic rings. The quantitative estimate of drug-likeness (QED) is 0.463. The number of ether oxygens (including phenoxy) is 2. The second-order valence-electron chi connectivity index (χ2n) is 8.32. The average molecular weight is 477 g/mol. The van der Waals surface area contributed by atoms with E-state index in [-0.39, 0.29) is 17.2 Å². The lowest BCUT2D eigenvalue weighted by molar-refractivity contribution is -0.115. The van der Waals surface area contributed by atoms with Crippen molar-refractivity contribution in [2.45, 2.75) is 25.1 Å². The zero-order valence-corrected chi connectivity index (χ0v) is 20.5. The molecule has 3 aromatic carbocycles. The van der Waals surface area contributed by atoms with E-state index in [0.29, 0.717) is 34.4 Å². The van der Waals surface area contributed by atoms with E-state index in [1.54, 1.807) is 44.2 Å². The van der Waals surface area contributed by atoms with Crippen LogP contribution in [0.15, 0.2) is 66.7 Å². The molecule has 1 aliphatic heterocycles. The number of thioether (sulfide) groups is 1. The molecule has 1 fully saturated rings. The minimum absolute atomic E-state index is 0.0843. The van der Waals surface area contributed by atoms with Crippen LogP contribution in [0.25, 0.3) is 0 Å². The van der Waals surface area contributed by atoms with E-state index in [9.17, 15) is 9.59 Å². The first kappa shape index (κ1) is 23.7. The van der Waals surface area contributed by atoms with Crippen LogP contribution in [0.1, 0.15) is 46.6 Å². The Kier molecular flexibility index (Phi) is 7.12. The Bertz CT molecular complexity index is 1190. The van der Waals surface area contributed by atoms with Gasteiger partial charge in [-0.15, -0.1) is 11.8 Å². The van der Waals surface area contributed by atoms with Crippen LogP contribution >= 0.6 is 11.8 Å². The van der Waals surface area contributed by atoms with Gasteiger partial charge < -0.3 is 14.8 Å². The zero-order valence-electron chi connectivity index (χ0n) is 19.7. The number of nitrogens with zero attached hydrogens (tertiary/aromatic N) is 1. The number of rotatable bonds is 7. The van der Waals surface area contributed by atoms with Crippen LogP contribution in [-0.4, -0.2) is 31.8 Å². The summed E-state index contributed by atoms with van der Waals surface area (Å²) in [5.41, 5.74) is 4.12. The molecule has 0 radical (unpaired) electrons. The normalized spacial score (nSPS) is 15.5. The van der Waals surface area contributed by atoms with E-state index in [1.807, 2.05) is 47.4 Å². The Hall–Kier alpha value is -3.45. The Morgan fingerprint density at radius 2 is 1.71 bits per heavy atom. The van der Waals surface area contributed by atoms with Crippen LogP contribution in [-0.2, 0) is 4.79 Å². The number of amides is 2. The molecule has 0 spiro atoms. The number of methoxy groups -OCH3 is 2. The number of hydrogen-bond donors (Lipinski definition) is 1. The van der Waals surface area contributed by atoms with Gasteiger partial charge in [0, 0.05) is 23.0 Å². The standard InChI is InChI=1S/C27H28N2O4S/c1-17(2)23-10-5-6-11-24(23)29-25(30)16-34-27(29)18-8-7-9-20(12-18)28-26(31)19-13-21(32-3)15-22(14-19)33-4/h5-15,17,27H,16H2,1-4H3,(H,28,31)/t27-/m1/s1. The maximum absolute atomic E-state index is 12.9. The average Bonchev–Trinajstić information content (AvgIpc) is 3.24. The molecule has 34 heavy (non-hydrogen) atoms. The van der Waals surface area contributed by atoms with Gasteiger partial charge in [0.05, 0.1) is 20.0 Å². The smallest absolute Gasteiger partial charge is 0.255 e. The second kappa shape index (κ2) is 10.2. The van der Waals surface area contributed by atoms with Gasteiger partial charge in [-0.2, -0.15) is 0 Å². The van der Waals surface area contributed by atoms with Gasteiger partial charge in [0.25, 0.3) is 5.91 Å². The molecular weight excluding hydrogens is 448 g/mol. The van der Waals surface area contributed by atoms with Crippen molar-refractivity contribution in [2.24, 2.45) is 0 Å². The van der Waals surface area contributed by atoms with Crippen LogP contribution in [0.2, 0.25) is 0 Å². The minimum Gasteiger partial charge on any atom is -0.497 e. The lowest BCUT2D eigenvalue weighted by Crippen LogP contribution is -2.29. The molecule has 2 amide bonds. The second-order valence-corrected chi connectivity index (χ2v) is 9.39. The molecular formula is C27H28N2O4S. The van der Waals surface area contributed by atoms with Crippen molar-refractivity contribution in [3.05, 3.63) is 83.4 Å². The highest BCUT2D eigenvalue weighted by atomic mass is 32.2. The molecule has 1 atom stereocenters. The highest BCUT2D eigenvalue weighted by molar-refractivity contribution is 8.00. The number of para-hydroxylation sites is 1. The van der Waals surface area contributed by atoms with Crippen LogP contribution in [0, 0.1) is 0 Å². The molecule has 0 unspecified atom stereocenters. The highest BCUT2D eigenvalue weighted by Crippen LogP contribution is 2.44. The predicted molar refractivity (Wildman–Crippen MR) is 137 cm³/mol. The van der Waals surface area contributed by atoms with Crippen molar-refractivity contribution < 1.29 is 19.1 Å². The fraction of sp³-hybridized carbons (Fsp3) is 0.259. The monoisotopic (exact) mass is 476 g/mol. The van der Waals surface area contributed by atoms with Gasteiger partial charge in [-0.1, -0.05) is 44.2 Å². The van der Waals surface area contributed by atoms with Gasteiger partial charge >= 0.3 is 0 Å². The van der Waals surface area contributed by atoms with Crippen molar-refractivity contribution in [1.29, 1.82) is 0 Å². The van der Waals surface area contributed by atoms with Crippen LogP contribution in [0.3, 0.4) is 0 Å². The first-order valence-electron chi connectivity index (χ1n) is 11.1. The number of hydrogen-bond acceptors (Lipinski definition) is 5. The Morgan fingerprint density at radius 1 is 1.00 bits per heavy atom. The summed E-state index contributed by atoms with van der Waals surface area (Å²) in [7, 11) is 3.09. The van der Waals surface area contributed by atoms with Crippen molar-refractivity contribution >= 4 is 35.0 Å². The fourth-order valence-corrected chi connectivity index (χ4v) is 5.20. The van der Waals surface area contributed by atoms with Gasteiger partial charge in [0.1, 0.15) is 16.9 Å². The van der Waals surface area contributed by atoms with E-state index in [4.69, 9.17) is 9.47 Å². The fourth-order valence-electron chi connectivity index (χ4n) is 4.04. The third kappa shape index (κ3) is 4.89. The van der Waals surface area contributed by atoms with E-state index in [2.05, 4.69) is 25.2 Å². The molecule has 1 N–H and O–H groups in total. The minimum atomic E-state index is -0.272. The van der Waals surface area contributed by atoms with E-state index >= 15 is 0 Å². The molecule has 7 heteroatoms. The van der Waals surface area contributed by atoms with Crippen molar-refractivity contribution in [3.8, 4) is 11.5 Å². The van der Waals surface area contributed by atoms with E-state index < -0.39 is 0 Å². The molecule has 1 saturated heterocycles. The topological polar surface area (TPSA) is 67.9 Å². The molecule has 4 rings (SSSR count). The van der Waals surface area contributed by atoms with Crippen LogP contribution in [0.4, 0.5) is 11.4 Å². The predicted octanol–water partition coefficient (Wildman–Crippen LogP) is 5.86. The summed E-state index contributed by atoms with van der Waals surface area (Å²) >= 11 is 1.59. The number of benzene rings is 3. The summed E-state index contributed by atoms with van der Waals surface area (Å²) in [5, 5.41) is 2.79. The van der Waals surface area contributed by atoms with Gasteiger partial charge in [0.15, 0.2) is 0 Å². The summed E-state index contributed by atoms with van der Waals surface area (Å²) in [6.45, 7) is 4.26. The molecule has 0 bridgehead atoms. The number of carbonyl (C=O) groups excluding carboxylic acids is 2. The van der Waals surface area contributed by atoms with E-state index in [1.165, 1.54) is 0 Å². The van der Waals surface area contributed by atoms with Crippen molar-refractivity contribution in [2.75, 3.05) is 30.2 Å². The zero-order chi connectivity index (χ0) is 24.2. The highest BCUT2D eigenvalue weighted by Gasteiger charge is 2.35. The molecule has 176 valence electrons. The number of nitrogens with one attached hydrogen (secondary N) is 1. The van der Waals surface area contributed by atoms with Crippen molar-refractivity contribution in [3.63, 3.8) is 0 Å². The van der Waals surface area contributed by atoms with Gasteiger partial charge in [-0.05, 0) is 47.4 Å². The van der Waals surface area contributed by atoms with Crippen molar-refractivity contribution in [1.82, 2.24) is 0 Å². The first-order chi connectivity index (χ1) is 16.4. The maximum atomic E-state index is 12.9. The summed E-state index contributed by atoms with van der Waals surface area (Å²) in [6, 6.07) is 20.8. The van der Waals surface area contributed by atoms with E-state index in [0.717, 1.165) is 16.8 Å². The molecule has 1 aliphatic rings. The maximum Gasteiger partial charge on any atom is 0.255 e. The van der Waals surface area contributed by atoms with Gasteiger partial charge in [-0.3, -0.25) is 14.5 Å². The number of anilines is 2. The first-order valence-corrected chi connectivity index (χ1v) is 12.1. The summed E-state index contributed by atoms with van der Waals surface area (Å²) < 4.78 is 10.5. The summed E-state index contributed by atoms with van der Waals surface area (Å²) in [5.74, 6) is 1.60. The lowest BCUT2D eigenvalue weighted by Gasteiger charge is -2.28. The van der Waals surface area contributed by atoms with Gasteiger partial charge in [0.2, 0.25) is 5.91 Å². The Balaban J connectivity index is 1.61. The summed E-state index contributed by atoms with van der Waals surface area (Å²) in [4.78, 5) is 27.7. The Morgan fingerprint density at radius 3 is 2.38 bits per heavy atom.